The van der Waals surface area contributed by atoms with Crippen LogP contribution in [0.25, 0.3) is 0 Å². The van der Waals surface area contributed by atoms with Crippen LogP contribution in [-0.4, -0.2) is 36.7 Å². The number of esters is 2. The number of carbonyl (C=O) groups is 2. The Morgan fingerprint density at radius 1 is 1.09 bits per heavy atom. The van der Waals surface area contributed by atoms with Gasteiger partial charge in [-0.15, -0.1) is 0 Å². The van der Waals surface area contributed by atoms with Crippen molar-refractivity contribution in [2.75, 3.05) is 19.9 Å². The van der Waals surface area contributed by atoms with Crippen molar-refractivity contribution in [3.63, 3.8) is 0 Å². The molecule has 3 aliphatic rings. The van der Waals surface area contributed by atoms with E-state index in [1.807, 2.05) is 0 Å². The van der Waals surface area contributed by atoms with Crippen molar-refractivity contribution in [3.05, 3.63) is 22.4 Å². The average Bonchev–Trinajstić information content (AvgIpc) is 2.99. The smallest absolute Gasteiger partial charge is 0.348 e. The lowest BCUT2D eigenvalue weighted by Gasteiger charge is -2.37. The van der Waals surface area contributed by atoms with Crippen LogP contribution in [0, 0.1) is 16.7 Å². The first-order valence-corrected chi connectivity index (χ1v) is 7.89. The van der Waals surface area contributed by atoms with Gasteiger partial charge in [0.1, 0.15) is 11.6 Å². The third-order valence-electron chi connectivity index (χ3n) is 4.58. The average molecular weight is 316 g/mol. The molecule has 2 heterocycles. The van der Waals surface area contributed by atoms with E-state index in [9.17, 15) is 14.9 Å². The van der Waals surface area contributed by atoms with Gasteiger partial charge in [-0.1, -0.05) is 13.8 Å². The summed E-state index contributed by atoms with van der Waals surface area (Å²) in [7, 11) is 0. The van der Waals surface area contributed by atoms with Crippen molar-refractivity contribution in [1.29, 1.82) is 5.26 Å². The predicted molar refractivity (Wildman–Crippen MR) is 80.5 cm³/mol. The van der Waals surface area contributed by atoms with E-state index in [1.54, 1.807) is 0 Å². The Labute approximate surface area is 135 Å². The molecule has 0 unspecified atom stereocenters. The van der Waals surface area contributed by atoms with Gasteiger partial charge in [-0.2, -0.15) is 5.26 Å². The number of likely N-dealkylation sites (tertiary alicyclic amines) is 1. The molecule has 0 amide bonds. The highest BCUT2D eigenvalue weighted by Crippen LogP contribution is 2.45. The maximum Gasteiger partial charge on any atom is 0.348 e. The minimum atomic E-state index is -0.692. The van der Waals surface area contributed by atoms with Crippen molar-refractivity contribution >= 4 is 11.9 Å². The van der Waals surface area contributed by atoms with Crippen LogP contribution in [0.3, 0.4) is 0 Å². The lowest BCUT2D eigenvalue weighted by atomic mass is 9.72. The SMILES string of the molecule is CC1(C)CC(=C2C(=O)OCOC2=O)C(C#N)=C(N2CCCC2)C1. The fourth-order valence-corrected chi connectivity index (χ4v) is 3.56. The summed E-state index contributed by atoms with van der Waals surface area (Å²) in [4.78, 5) is 26.4. The van der Waals surface area contributed by atoms with Gasteiger partial charge in [0.05, 0.1) is 5.57 Å². The summed E-state index contributed by atoms with van der Waals surface area (Å²) < 4.78 is 9.70. The molecule has 2 saturated heterocycles. The van der Waals surface area contributed by atoms with Crippen LogP contribution in [0.2, 0.25) is 0 Å². The van der Waals surface area contributed by atoms with E-state index in [4.69, 9.17) is 9.47 Å². The van der Waals surface area contributed by atoms with Crippen molar-refractivity contribution in [1.82, 2.24) is 4.90 Å². The predicted octanol–water partition coefficient (Wildman–Crippen LogP) is 2.03. The Morgan fingerprint density at radius 2 is 1.70 bits per heavy atom. The van der Waals surface area contributed by atoms with Gasteiger partial charge in [-0.3, -0.25) is 0 Å². The molecule has 0 atom stereocenters. The summed E-state index contributed by atoms with van der Waals surface area (Å²) >= 11 is 0. The second-order valence-electron chi connectivity index (χ2n) is 6.98. The van der Waals surface area contributed by atoms with Gasteiger partial charge in [0.15, 0.2) is 0 Å². The number of carbonyl (C=O) groups excluding carboxylic acids is 2. The zero-order chi connectivity index (χ0) is 16.6. The monoisotopic (exact) mass is 316 g/mol. The minimum absolute atomic E-state index is 0.114. The van der Waals surface area contributed by atoms with Crippen LogP contribution in [-0.2, 0) is 19.1 Å². The molecular formula is C17H20N2O4. The van der Waals surface area contributed by atoms with Crippen molar-refractivity contribution in [2.45, 2.75) is 39.5 Å². The summed E-state index contributed by atoms with van der Waals surface area (Å²) in [6.45, 7) is 5.62. The van der Waals surface area contributed by atoms with Crippen molar-refractivity contribution < 1.29 is 19.1 Å². The molecule has 6 heteroatoms. The molecule has 1 aliphatic carbocycles. The molecule has 0 radical (unpaired) electrons. The fourth-order valence-electron chi connectivity index (χ4n) is 3.56. The number of rotatable bonds is 1. The molecule has 0 N–H and O–H groups in total. The summed E-state index contributed by atoms with van der Waals surface area (Å²) in [5.41, 5.74) is 1.60. The number of nitriles is 1. The molecule has 2 fully saturated rings. The molecule has 122 valence electrons. The van der Waals surface area contributed by atoms with E-state index in [0.29, 0.717) is 17.6 Å². The molecule has 0 saturated carbocycles. The maximum absolute atomic E-state index is 12.1. The van der Waals surface area contributed by atoms with Crippen LogP contribution in [0.5, 0.6) is 0 Å². The Balaban J connectivity index is 2.17. The van der Waals surface area contributed by atoms with Crippen molar-refractivity contribution in [2.24, 2.45) is 5.41 Å². The van der Waals surface area contributed by atoms with Crippen LogP contribution in [0.1, 0.15) is 39.5 Å². The molecule has 0 aromatic heterocycles. The third kappa shape index (κ3) is 2.83. The molecule has 2 aliphatic heterocycles. The van der Waals surface area contributed by atoms with Crippen LogP contribution in [0.4, 0.5) is 0 Å². The van der Waals surface area contributed by atoms with E-state index in [-0.39, 0.29) is 17.8 Å². The molecule has 0 bridgehead atoms. The highest BCUT2D eigenvalue weighted by molar-refractivity contribution is 6.16. The topological polar surface area (TPSA) is 79.6 Å². The number of cyclic esters (lactones) is 2. The second kappa shape index (κ2) is 5.73. The second-order valence-corrected chi connectivity index (χ2v) is 6.98. The largest absolute Gasteiger partial charge is 0.424 e. The molecular weight excluding hydrogens is 296 g/mol. The first-order chi connectivity index (χ1) is 10.9. The van der Waals surface area contributed by atoms with E-state index >= 15 is 0 Å². The van der Waals surface area contributed by atoms with Gasteiger partial charge >= 0.3 is 11.9 Å². The zero-order valence-corrected chi connectivity index (χ0v) is 13.5. The lowest BCUT2D eigenvalue weighted by Crippen LogP contribution is -2.34. The number of ether oxygens (including phenoxy) is 2. The molecule has 6 nitrogen and oxygen atoms in total. The van der Waals surface area contributed by atoms with E-state index in [0.717, 1.165) is 38.0 Å². The highest BCUT2D eigenvalue weighted by atomic mass is 16.7. The summed E-state index contributed by atoms with van der Waals surface area (Å²) in [5.74, 6) is -1.38. The van der Waals surface area contributed by atoms with Gasteiger partial charge < -0.3 is 14.4 Å². The first-order valence-electron chi connectivity index (χ1n) is 7.89. The van der Waals surface area contributed by atoms with Gasteiger partial charge in [-0.25, -0.2) is 9.59 Å². The molecule has 0 spiro atoms. The molecule has 0 aromatic rings. The number of hydrogen-bond acceptors (Lipinski definition) is 6. The number of allylic oxidation sites excluding steroid dienone is 3. The molecule has 23 heavy (non-hydrogen) atoms. The Bertz CT molecular complexity index is 643. The Morgan fingerprint density at radius 3 is 2.26 bits per heavy atom. The fraction of sp³-hybridized carbons (Fsp3) is 0.588. The van der Waals surface area contributed by atoms with E-state index in [2.05, 4.69) is 24.8 Å². The third-order valence-corrected chi connectivity index (χ3v) is 4.58. The quantitative estimate of drug-likeness (QED) is 0.418. The van der Waals surface area contributed by atoms with Gasteiger partial charge in [-0.05, 0) is 36.7 Å². The highest BCUT2D eigenvalue weighted by Gasteiger charge is 2.40. The van der Waals surface area contributed by atoms with Gasteiger partial charge in [0, 0.05) is 18.8 Å². The van der Waals surface area contributed by atoms with Crippen LogP contribution in [0.15, 0.2) is 22.4 Å². The molecule has 0 aromatic carbocycles. The standard InChI is InChI=1S/C17H20N2O4/c1-17(2)7-11(14-15(20)22-10-23-16(14)21)12(9-18)13(8-17)19-5-3-4-6-19/h3-8,10H2,1-2H3. The lowest BCUT2D eigenvalue weighted by molar-refractivity contribution is -0.172. The summed E-state index contributed by atoms with van der Waals surface area (Å²) in [6, 6.07) is 2.22. The van der Waals surface area contributed by atoms with Crippen LogP contribution < -0.4 is 0 Å². The Hall–Kier alpha value is -2.29. The minimum Gasteiger partial charge on any atom is -0.424 e. The van der Waals surface area contributed by atoms with E-state index in [1.165, 1.54) is 0 Å². The first kappa shape index (κ1) is 15.6. The number of nitrogens with zero attached hydrogens (tertiary/aromatic N) is 2. The van der Waals surface area contributed by atoms with E-state index < -0.39 is 11.9 Å². The summed E-state index contributed by atoms with van der Waals surface area (Å²) in [6.07, 6.45) is 3.43. The molecule has 3 rings (SSSR count). The maximum atomic E-state index is 12.1. The normalized spacial score (nSPS) is 24.5. The van der Waals surface area contributed by atoms with Gasteiger partial charge in [0.2, 0.25) is 6.79 Å². The zero-order valence-electron chi connectivity index (χ0n) is 13.5. The number of hydrogen-bond donors (Lipinski definition) is 0. The van der Waals surface area contributed by atoms with Crippen molar-refractivity contribution in [3.8, 4) is 6.07 Å². The van der Waals surface area contributed by atoms with Gasteiger partial charge in [0.25, 0.3) is 0 Å². The summed E-state index contributed by atoms with van der Waals surface area (Å²) in [5, 5.41) is 9.69. The Kier molecular flexibility index (Phi) is 3.88. The van der Waals surface area contributed by atoms with Crippen LogP contribution >= 0.6 is 0 Å².